The van der Waals surface area contributed by atoms with E-state index < -0.39 is 0 Å². The second kappa shape index (κ2) is 7.47. The molecule has 3 aromatic rings. The van der Waals surface area contributed by atoms with Crippen molar-refractivity contribution >= 4 is 11.7 Å². The highest BCUT2D eigenvalue weighted by molar-refractivity contribution is 5.95. The minimum absolute atomic E-state index is 0.0829. The number of nitrogens with one attached hydrogen (secondary N) is 1. The van der Waals surface area contributed by atoms with Gasteiger partial charge in [-0.3, -0.25) is 4.79 Å². The van der Waals surface area contributed by atoms with E-state index in [4.69, 9.17) is 4.42 Å². The number of rotatable bonds is 6. The molecule has 0 aromatic carbocycles. The lowest BCUT2D eigenvalue weighted by Gasteiger charge is -2.11. The molecule has 6 nitrogen and oxygen atoms in total. The maximum absolute atomic E-state index is 12.6. The molecule has 0 aliphatic rings. The molecule has 6 heteroatoms. The van der Waals surface area contributed by atoms with Gasteiger partial charge in [0.1, 0.15) is 11.6 Å². The van der Waals surface area contributed by atoms with E-state index in [0.717, 1.165) is 28.5 Å². The molecule has 136 valence electrons. The van der Waals surface area contributed by atoms with Crippen molar-refractivity contribution in [3.8, 4) is 0 Å². The molecule has 0 radical (unpaired) electrons. The number of aromatic nitrogens is 2. The van der Waals surface area contributed by atoms with Crippen LogP contribution in [-0.4, -0.2) is 29.6 Å². The molecule has 26 heavy (non-hydrogen) atoms. The van der Waals surface area contributed by atoms with Crippen LogP contribution in [0.2, 0.25) is 0 Å². The Bertz CT molecular complexity index is 877. The summed E-state index contributed by atoms with van der Waals surface area (Å²) in [4.78, 5) is 18.9. The number of amides is 1. The Kier molecular flexibility index (Phi) is 5.11. The van der Waals surface area contributed by atoms with Gasteiger partial charge in [-0.1, -0.05) is 6.07 Å². The molecular weight excluding hydrogens is 328 g/mol. The Morgan fingerprint density at radius 2 is 2.08 bits per heavy atom. The van der Waals surface area contributed by atoms with Crippen LogP contribution in [0.3, 0.4) is 0 Å². The van der Waals surface area contributed by atoms with E-state index in [0.29, 0.717) is 18.7 Å². The third-order valence-corrected chi connectivity index (χ3v) is 4.43. The molecule has 0 spiro atoms. The fraction of sp³-hybridized carbons (Fsp3) is 0.300. The van der Waals surface area contributed by atoms with Gasteiger partial charge in [0.2, 0.25) is 0 Å². The van der Waals surface area contributed by atoms with Gasteiger partial charge >= 0.3 is 0 Å². The van der Waals surface area contributed by atoms with E-state index in [-0.39, 0.29) is 5.91 Å². The third-order valence-electron chi connectivity index (χ3n) is 4.43. The zero-order chi connectivity index (χ0) is 18.7. The molecule has 0 bridgehead atoms. The number of nitrogens with zero attached hydrogens (tertiary/aromatic N) is 3. The van der Waals surface area contributed by atoms with E-state index in [1.165, 1.54) is 0 Å². The summed E-state index contributed by atoms with van der Waals surface area (Å²) in [7, 11) is 3.89. The molecule has 3 aromatic heterocycles. The van der Waals surface area contributed by atoms with Crippen LogP contribution in [0.25, 0.3) is 0 Å². The minimum Gasteiger partial charge on any atom is -0.467 e. The summed E-state index contributed by atoms with van der Waals surface area (Å²) in [6, 6.07) is 9.64. The lowest BCUT2D eigenvalue weighted by molar-refractivity contribution is 0.0950. The Labute approximate surface area is 153 Å². The monoisotopic (exact) mass is 352 g/mol. The third kappa shape index (κ3) is 3.79. The largest absolute Gasteiger partial charge is 0.467 e. The zero-order valence-corrected chi connectivity index (χ0v) is 15.6. The number of carbonyl (C=O) groups is 1. The molecule has 0 aliphatic carbocycles. The predicted molar refractivity (Wildman–Crippen MR) is 101 cm³/mol. The van der Waals surface area contributed by atoms with E-state index in [2.05, 4.69) is 14.9 Å². The fourth-order valence-electron chi connectivity index (χ4n) is 2.90. The fourth-order valence-corrected chi connectivity index (χ4v) is 2.90. The first-order valence-electron chi connectivity index (χ1n) is 8.55. The van der Waals surface area contributed by atoms with Gasteiger partial charge in [-0.15, -0.1) is 0 Å². The van der Waals surface area contributed by atoms with Crippen molar-refractivity contribution in [1.29, 1.82) is 0 Å². The number of hydrogen-bond acceptors (Lipinski definition) is 4. The average molecular weight is 352 g/mol. The Morgan fingerprint density at radius 1 is 1.27 bits per heavy atom. The van der Waals surface area contributed by atoms with Gasteiger partial charge in [0.15, 0.2) is 0 Å². The van der Waals surface area contributed by atoms with Gasteiger partial charge in [0, 0.05) is 38.2 Å². The van der Waals surface area contributed by atoms with E-state index in [1.807, 2.05) is 63.2 Å². The standard InChI is InChI=1S/C20H24N4O2/c1-14-10-18(15(2)24(14)13-17-6-5-9-26-17)20(25)22-12-16-7-8-19(21-11-16)23(3)4/h5-11H,12-13H2,1-4H3,(H,22,25). The van der Waals surface area contributed by atoms with Crippen LogP contribution in [0.5, 0.6) is 0 Å². The molecule has 3 heterocycles. The molecule has 0 fully saturated rings. The zero-order valence-electron chi connectivity index (χ0n) is 15.6. The van der Waals surface area contributed by atoms with Crippen molar-refractivity contribution in [2.24, 2.45) is 0 Å². The summed E-state index contributed by atoms with van der Waals surface area (Å²) >= 11 is 0. The number of carbonyl (C=O) groups excluding carboxylic acids is 1. The van der Waals surface area contributed by atoms with E-state index in [9.17, 15) is 4.79 Å². The highest BCUT2D eigenvalue weighted by Crippen LogP contribution is 2.17. The predicted octanol–water partition coefficient (Wildman–Crippen LogP) is 3.14. The highest BCUT2D eigenvalue weighted by atomic mass is 16.3. The van der Waals surface area contributed by atoms with Gasteiger partial charge < -0.3 is 19.2 Å². The molecule has 0 saturated heterocycles. The minimum atomic E-state index is -0.0829. The number of pyridine rings is 1. The summed E-state index contributed by atoms with van der Waals surface area (Å²) in [5, 5.41) is 2.97. The first kappa shape index (κ1) is 17.8. The molecule has 1 amide bonds. The summed E-state index contributed by atoms with van der Waals surface area (Å²) in [5.74, 6) is 1.67. The van der Waals surface area contributed by atoms with E-state index in [1.54, 1.807) is 12.5 Å². The first-order valence-corrected chi connectivity index (χ1v) is 8.55. The topological polar surface area (TPSA) is 63.3 Å². The lowest BCUT2D eigenvalue weighted by atomic mass is 10.2. The molecule has 3 rings (SSSR count). The van der Waals surface area contributed by atoms with Crippen molar-refractivity contribution < 1.29 is 9.21 Å². The van der Waals surface area contributed by atoms with Crippen LogP contribution in [0, 0.1) is 13.8 Å². The molecule has 0 aliphatic heterocycles. The SMILES string of the molecule is Cc1cc(C(=O)NCc2ccc(N(C)C)nc2)c(C)n1Cc1ccco1. The summed E-state index contributed by atoms with van der Waals surface area (Å²) < 4.78 is 7.50. The maximum Gasteiger partial charge on any atom is 0.253 e. The Morgan fingerprint density at radius 3 is 2.69 bits per heavy atom. The molecule has 0 atom stereocenters. The second-order valence-corrected chi connectivity index (χ2v) is 6.55. The van der Waals surface area contributed by atoms with Gasteiger partial charge in [0.25, 0.3) is 5.91 Å². The van der Waals surface area contributed by atoms with Crippen molar-refractivity contribution in [3.63, 3.8) is 0 Å². The maximum atomic E-state index is 12.6. The van der Waals surface area contributed by atoms with Crippen LogP contribution in [-0.2, 0) is 13.1 Å². The number of hydrogen-bond donors (Lipinski definition) is 1. The average Bonchev–Trinajstić information content (AvgIpc) is 3.24. The van der Waals surface area contributed by atoms with Crippen LogP contribution >= 0.6 is 0 Å². The van der Waals surface area contributed by atoms with Crippen LogP contribution in [0.1, 0.15) is 33.1 Å². The van der Waals surface area contributed by atoms with Gasteiger partial charge in [-0.05, 0) is 43.7 Å². The first-order chi connectivity index (χ1) is 12.5. The molecule has 0 saturated carbocycles. The van der Waals surface area contributed by atoms with Gasteiger partial charge in [0.05, 0.1) is 18.4 Å². The van der Waals surface area contributed by atoms with Crippen LogP contribution in [0.4, 0.5) is 5.82 Å². The lowest BCUT2D eigenvalue weighted by Crippen LogP contribution is -2.23. The highest BCUT2D eigenvalue weighted by Gasteiger charge is 2.16. The van der Waals surface area contributed by atoms with Crippen molar-refractivity contribution in [1.82, 2.24) is 14.9 Å². The normalized spacial score (nSPS) is 10.8. The molecular formula is C20H24N4O2. The van der Waals surface area contributed by atoms with Crippen LogP contribution in [0.15, 0.2) is 47.2 Å². The molecule has 0 unspecified atom stereocenters. The summed E-state index contributed by atoms with van der Waals surface area (Å²) in [6.07, 6.45) is 3.45. The summed E-state index contributed by atoms with van der Waals surface area (Å²) in [5.41, 5.74) is 3.61. The Balaban J connectivity index is 1.68. The van der Waals surface area contributed by atoms with Crippen molar-refractivity contribution in [2.75, 3.05) is 19.0 Å². The Hall–Kier alpha value is -3.02. The number of aryl methyl sites for hydroxylation is 1. The second-order valence-electron chi connectivity index (χ2n) is 6.55. The van der Waals surface area contributed by atoms with Crippen molar-refractivity contribution in [2.45, 2.75) is 26.9 Å². The summed E-state index contributed by atoms with van der Waals surface area (Å²) in [6.45, 7) is 5.02. The van der Waals surface area contributed by atoms with Crippen molar-refractivity contribution in [3.05, 3.63) is 71.1 Å². The number of anilines is 1. The van der Waals surface area contributed by atoms with E-state index >= 15 is 0 Å². The van der Waals surface area contributed by atoms with Gasteiger partial charge in [-0.25, -0.2) is 4.98 Å². The van der Waals surface area contributed by atoms with Gasteiger partial charge in [-0.2, -0.15) is 0 Å². The number of furan rings is 1. The van der Waals surface area contributed by atoms with Crippen LogP contribution < -0.4 is 10.2 Å². The smallest absolute Gasteiger partial charge is 0.253 e. The molecule has 1 N–H and O–H groups in total. The quantitative estimate of drug-likeness (QED) is 0.740.